The minimum Gasteiger partial charge on any atom is -0.373 e. The van der Waals surface area contributed by atoms with E-state index in [9.17, 15) is 8.42 Å². The van der Waals surface area contributed by atoms with Crippen molar-refractivity contribution in [3.05, 3.63) is 18.3 Å². The molecule has 2 unspecified atom stereocenters. The quantitative estimate of drug-likeness (QED) is 0.847. The molecule has 1 aromatic rings. The minimum atomic E-state index is -3.44. The summed E-state index contributed by atoms with van der Waals surface area (Å²) in [7, 11) is -1.69. The number of pyridine rings is 1. The van der Waals surface area contributed by atoms with Crippen LogP contribution in [-0.4, -0.2) is 27.0 Å². The second-order valence-corrected chi connectivity index (χ2v) is 7.72. The Balaban J connectivity index is 1.85. The Morgan fingerprint density at radius 1 is 1.33 bits per heavy atom. The highest BCUT2D eigenvalue weighted by atomic mass is 32.2. The zero-order valence-corrected chi connectivity index (χ0v) is 13.6. The zero-order valence-electron chi connectivity index (χ0n) is 12.8. The Bertz CT molecular complexity index is 543. The lowest BCUT2D eigenvalue weighted by Crippen LogP contribution is -2.27. The molecular weight excluding hydrogens is 286 g/mol. The normalized spacial score (nSPS) is 23.0. The molecule has 0 amide bonds. The van der Waals surface area contributed by atoms with Gasteiger partial charge in [0.05, 0.1) is 0 Å². The van der Waals surface area contributed by atoms with Crippen LogP contribution in [0, 0.1) is 11.8 Å². The number of rotatable bonds is 6. The number of sulfonamides is 1. The van der Waals surface area contributed by atoms with E-state index in [0.29, 0.717) is 18.3 Å². The minimum absolute atomic E-state index is 0.221. The highest BCUT2D eigenvalue weighted by molar-refractivity contribution is 7.89. The van der Waals surface area contributed by atoms with Crippen molar-refractivity contribution in [1.29, 1.82) is 0 Å². The van der Waals surface area contributed by atoms with Gasteiger partial charge in [-0.1, -0.05) is 26.2 Å². The van der Waals surface area contributed by atoms with E-state index in [1.54, 1.807) is 19.2 Å². The summed E-state index contributed by atoms with van der Waals surface area (Å²) in [5, 5.41) is 2.87. The molecule has 0 bridgehead atoms. The van der Waals surface area contributed by atoms with Gasteiger partial charge in [0.15, 0.2) is 0 Å². The van der Waals surface area contributed by atoms with Gasteiger partial charge in [-0.25, -0.2) is 18.1 Å². The first-order valence-corrected chi connectivity index (χ1v) is 9.13. The maximum atomic E-state index is 12.2. The van der Waals surface area contributed by atoms with E-state index < -0.39 is 10.0 Å². The summed E-state index contributed by atoms with van der Waals surface area (Å²) in [6.45, 7) is 2.79. The van der Waals surface area contributed by atoms with Gasteiger partial charge >= 0.3 is 0 Å². The van der Waals surface area contributed by atoms with Crippen LogP contribution in [0.4, 0.5) is 5.82 Å². The van der Waals surface area contributed by atoms with Crippen molar-refractivity contribution in [1.82, 2.24) is 9.71 Å². The first-order chi connectivity index (χ1) is 10.0. The summed E-state index contributed by atoms with van der Waals surface area (Å²) in [5.74, 6) is 2.09. The van der Waals surface area contributed by atoms with Gasteiger partial charge in [0.25, 0.3) is 0 Å². The van der Waals surface area contributed by atoms with Crippen LogP contribution in [0.5, 0.6) is 0 Å². The number of nitrogens with one attached hydrogen (secondary N) is 2. The van der Waals surface area contributed by atoms with Gasteiger partial charge < -0.3 is 5.32 Å². The highest BCUT2D eigenvalue weighted by Gasteiger charge is 2.20. The molecule has 0 aromatic carbocycles. The topological polar surface area (TPSA) is 71.1 Å². The molecule has 0 spiro atoms. The van der Waals surface area contributed by atoms with Gasteiger partial charge in [-0.3, -0.25) is 0 Å². The summed E-state index contributed by atoms with van der Waals surface area (Å²) in [6.07, 6.45) is 7.34. The third-order valence-corrected chi connectivity index (χ3v) is 5.64. The number of hydrogen-bond donors (Lipinski definition) is 2. The maximum absolute atomic E-state index is 12.2. The van der Waals surface area contributed by atoms with Crippen LogP contribution < -0.4 is 10.0 Å². The van der Waals surface area contributed by atoms with Crippen molar-refractivity contribution in [2.24, 2.45) is 11.8 Å². The number of anilines is 1. The fraction of sp³-hybridized carbons (Fsp3) is 0.667. The molecule has 1 saturated carbocycles. The lowest BCUT2D eigenvalue weighted by molar-refractivity contribution is 0.271. The molecule has 0 radical (unpaired) electrons. The van der Waals surface area contributed by atoms with E-state index >= 15 is 0 Å². The average molecular weight is 311 g/mol. The SMILES string of the molecule is CNc1ccc(S(=O)(=O)NCCC2CCCC(C)C2)cn1. The van der Waals surface area contributed by atoms with E-state index in [1.165, 1.54) is 31.9 Å². The lowest BCUT2D eigenvalue weighted by atomic mass is 9.81. The molecule has 5 nitrogen and oxygen atoms in total. The van der Waals surface area contributed by atoms with Crippen LogP contribution >= 0.6 is 0 Å². The standard InChI is InChI=1S/C15H25N3O2S/c1-12-4-3-5-13(10-12)8-9-18-21(19,20)14-6-7-15(16-2)17-11-14/h6-7,11-13,18H,3-5,8-10H2,1-2H3,(H,16,17). The summed E-state index contributed by atoms with van der Waals surface area (Å²) < 4.78 is 27.0. The van der Waals surface area contributed by atoms with E-state index in [1.807, 2.05) is 0 Å². The molecule has 2 atom stereocenters. The van der Waals surface area contributed by atoms with Gasteiger partial charge in [0, 0.05) is 19.8 Å². The zero-order chi connectivity index (χ0) is 15.3. The molecule has 1 fully saturated rings. The predicted octanol–water partition coefficient (Wildman–Crippen LogP) is 2.62. The molecule has 2 N–H and O–H groups in total. The third-order valence-electron chi connectivity index (χ3n) is 4.19. The first-order valence-electron chi connectivity index (χ1n) is 7.64. The van der Waals surface area contributed by atoms with Crippen LogP contribution in [0.1, 0.15) is 39.0 Å². The number of aromatic nitrogens is 1. The Morgan fingerprint density at radius 3 is 2.76 bits per heavy atom. The summed E-state index contributed by atoms with van der Waals surface area (Å²) in [5.41, 5.74) is 0. The largest absolute Gasteiger partial charge is 0.373 e. The molecule has 0 aliphatic heterocycles. The predicted molar refractivity (Wildman–Crippen MR) is 84.7 cm³/mol. The third kappa shape index (κ3) is 4.68. The Hall–Kier alpha value is -1.14. The van der Waals surface area contributed by atoms with E-state index in [0.717, 1.165) is 12.3 Å². The fourth-order valence-electron chi connectivity index (χ4n) is 2.99. The van der Waals surface area contributed by atoms with Crippen LogP contribution in [-0.2, 0) is 10.0 Å². The second kappa shape index (κ2) is 7.22. The molecule has 1 heterocycles. The van der Waals surface area contributed by atoms with Gasteiger partial charge in [-0.2, -0.15) is 0 Å². The molecule has 2 rings (SSSR count). The molecule has 1 aromatic heterocycles. The van der Waals surface area contributed by atoms with Crippen molar-refractivity contribution in [2.45, 2.75) is 43.9 Å². The average Bonchev–Trinajstić information content (AvgIpc) is 2.47. The lowest BCUT2D eigenvalue weighted by Gasteiger charge is -2.26. The van der Waals surface area contributed by atoms with Crippen LogP contribution in [0.25, 0.3) is 0 Å². The summed E-state index contributed by atoms with van der Waals surface area (Å²) >= 11 is 0. The maximum Gasteiger partial charge on any atom is 0.242 e. The van der Waals surface area contributed by atoms with Crippen molar-refractivity contribution in [2.75, 3.05) is 18.9 Å². The van der Waals surface area contributed by atoms with Gasteiger partial charge in [-0.15, -0.1) is 0 Å². The van der Waals surface area contributed by atoms with Gasteiger partial charge in [0.2, 0.25) is 10.0 Å². The van der Waals surface area contributed by atoms with E-state index in [4.69, 9.17) is 0 Å². The molecule has 21 heavy (non-hydrogen) atoms. The van der Waals surface area contributed by atoms with Crippen molar-refractivity contribution < 1.29 is 8.42 Å². The Kier molecular flexibility index (Phi) is 5.58. The molecule has 1 aliphatic carbocycles. The molecule has 1 aliphatic rings. The van der Waals surface area contributed by atoms with Crippen molar-refractivity contribution in [3.8, 4) is 0 Å². The summed E-state index contributed by atoms with van der Waals surface area (Å²) in [4.78, 5) is 4.26. The highest BCUT2D eigenvalue weighted by Crippen LogP contribution is 2.30. The van der Waals surface area contributed by atoms with Crippen molar-refractivity contribution in [3.63, 3.8) is 0 Å². The Morgan fingerprint density at radius 2 is 2.14 bits per heavy atom. The van der Waals surface area contributed by atoms with Crippen LogP contribution in [0.2, 0.25) is 0 Å². The van der Waals surface area contributed by atoms with Crippen molar-refractivity contribution >= 4 is 15.8 Å². The molecule has 118 valence electrons. The van der Waals surface area contributed by atoms with E-state index in [2.05, 4.69) is 21.9 Å². The van der Waals surface area contributed by atoms with Gasteiger partial charge in [0.1, 0.15) is 10.7 Å². The number of hydrogen-bond acceptors (Lipinski definition) is 4. The van der Waals surface area contributed by atoms with Crippen LogP contribution in [0.3, 0.4) is 0 Å². The smallest absolute Gasteiger partial charge is 0.242 e. The molecule has 0 saturated heterocycles. The molecule has 6 heteroatoms. The second-order valence-electron chi connectivity index (χ2n) is 5.95. The van der Waals surface area contributed by atoms with E-state index in [-0.39, 0.29) is 4.90 Å². The number of nitrogens with zero attached hydrogens (tertiary/aromatic N) is 1. The fourth-order valence-corrected chi connectivity index (χ4v) is 3.98. The first kappa shape index (κ1) is 16.2. The monoisotopic (exact) mass is 311 g/mol. The van der Waals surface area contributed by atoms with Crippen LogP contribution in [0.15, 0.2) is 23.2 Å². The Labute approximate surface area is 127 Å². The van der Waals surface area contributed by atoms with Gasteiger partial charge in [-0.05, 0) is 36.8 Å². The molecular formula is C15H25N3O2S. The summed E-state index contributed by atoms with van der Waals surface area (Å²) in [6, 6.07) is 3.24.